The van der Waals surface area contributed by atoms with E-state index < -0.39 is 10.8 Å². The highest BCUT2D eigenvalue weighted by Gasteiger charge is 2.07. The molecular formula is C15H18N2OS. The molecule has 2 aromatic rings. The molecule has 0 fully saturated rings. The molecule has 0 aliphatic carbocycles. The molecule has 1 heterocycles. The van der Waals surface area contributed by atoms with Gasteiger partial charge in [0.25, 0.3) is 0 Å². The van der Waals surface area contributed by atoms with Gasteiger partial charge in [-0.25, -0.2) is 0 Å². The van der Waals surface area contributed by atoms with E-state index in [1.165, 1.54) is 11.1 Å². The van der Waals surface area contributed by atoms with E-state index >= 15 is 0 Å². The molecule has 0 aliphatic rings. The topological polar surface area (TPSA) is 56.0 Å². The van der Waals surface area contributed by atoms with Crippen LogP contribution in [0, 0.1) is 13.8 Å². The average Bonchev–Trinajstić information content (AvgIpc) is 2.42. The Morgan fingerprint density at radius 2 is 1.95 bits per heavy atom. The number of benzene rings is 1. The lowest BCUT2D eigenvalue weighted by atomic mass is 10.1. The highest BCUT2D eigenvalue weighted by molar-refractivity contribution is 7.84. The van der Waals surface area contributed by atoms with Crippen molar-refractivity contribution in [2.45, 2.75) is 31.0 Å². The smallest absolute Gasteiger partial charge is 0.0574 e. The fourth-order valence-electron chi connectivity index (χ4n) is 1.82. The molecule has 1 aromatic carbocycles. The zero-order valence-corrected chi connectivity index (χ0v) is 12.0. The fourth-order valence-corrected chi connectivity index (χ4v) is 3.00. The molecule has 100 valence electrons. The molecule has 4 heteroatoms. The second kappa shape index (κ2) is 6.08. The molecule has 1 aromatic heterocycles. The molecule has 0 amide bonds. The summed E-state index contributed by atoms with van der Waals surface area (Å²) in [5.74, 6) is 0.498. The first-order valence-electron chi connectivity index (χ1n) is 6.19. The predicted octanol–water partition coefficient (Wildman–Crippen LogP) is 2.46. The third-order valence-corrected chi connectivity index (χ3v) is 4.50. The zero-order chi connectivity index (χ0) is 13.8. The van der Waals surface area contributed by atoms with E-state index in [0.717, 1.165) is 16.2 Å². The van der Waals surface area contributed by atoms with E-state index in [4.69, 9.17) is 5.73 Å². The van der Waals surface area contributed by atoms with Crippen molar-refractivity contribution in [3.63, 3.8) is 0 Å². The lowest BCUT2D eigenvalue weighted by Gasteiger charge is -2.06. The number of hydrogen-bond donors (Lipinski definition) is 1. The van der Waals surface area contributed by atoms with E-state index in [2.05, 4.69) is 11.9 Å². The van der Waals surface area contributed by atoms with E-state index in [1.807, 2.05) is 37.3 Å². The standard InChI is InChI=1S/C15H18N2OS/c1-11-3-4-15(7-12(11)2)19(18)10-13-5-6-17-14(8-13)9-16/h3-8H,9-10,16H2,1-2H3. The predicted molar refractivity (Wildman–Crippen MR) is 78.2 cm³/mol. The van der Waals surface area contributed by atoms with Gasteiger partial charge in [-0.05, 0) is 54.8 Å². The van der Waals surface area contributed by atoms with Crippen molar-refractivity contribution in [2.24, 2.45) is 5.73 Å². The Kier molecular flexibility index (Phi) is 4.45. The molecular weight excluding hydrogens is 256 g/mol. The Balaban J connectivity index is 2.18. The summed E-state index contributed by atoms with van der Waals surface area (Å²) < 4.78 is 12.3. The molecule has 1 atom stereocenters. The maximum atomic E-state index is 12.3. The minimum atomic E-state index is -1.03. The van der Waals surface area contributed by atoms with Crippen molar-refractivity contribution in [2.75, 3.05) is 0 Å². The van der Waals surface area contributed by atoms with E-state index in [-0.39, 0.29) is 0 Å². The van der Waals surface area contributed by atoms with Crippen LogP contribution in [0.4, 0.5) is 0 Å². The molecule has 2 rings (SSSR count). The molecule has 19 heavy (non-hydrogen) atoms. The second-order valence-corrected chi connectivity index (χ2v) is 6.05. The van der Waals surface area contributed by atoms with E-state index in [1.54, 1.807) is 6.20 Å². The SMILES string of the molecule is Cc1ccc(S(=O)Cc2ccnc(CN)c2)cc1C. The van der Waals surface area contributed by atoms with E-state index in [9.17, 15) is 4.21 Å². The summed E-state index contributed by atoms with van der Waals surface area (Å²) in [5.41, 5.74) is 9.78. The molecule has 0 spiro atoms. The number of aromatic nitrogens is 1. The lowest BCUT2D eigenvalue weighted by molar-refractivity contribution is 0.682. The van der Waals surface area contributed by atoms with Crippen molar-refractivity contribution in [1.82, 2.24) is 4.98 Å². The quantitative estimate of drug-likeness (QED) is 0.931. The molecule has 0 saturated heterocycles. The molecule has 2 N–H and O–H groups in total. The number of nitrogens with two attached hydrogens (primary N) is 1. The number of pyridine rings is 1. The van der Waals surface area contributed by atoms with Gasteiger partial charge in [0, 0.05) is 17.6 Å². The summed E-state index contributed by atoms with van der Waals surface area (Å²) in [4.78, 5) is 5.01. The van der Waals surface area contributed by atoms with Gasteiger partial charge < -0.3 is 5.73 Å². The number of aryl methyl sites for hydroxylation is 2. The van der Waals surface area contributed by atoms with Gasteiger partial charge in [0.2, 0.25) is 0 Å². The van der Waals surface area contributed by atoms with Crippen LogP contribution in [0.3, 0.4) is 0 Å². The van der Waals surface area contributed by atoms with Gasteiger partial charge >= 0.3 is 0 Å². The van der Waals surface area contributed by atoms with Gasteiger partial charge in [-0.3, -0.25) is 9.19 Å². The normalized spacial score (nSPS) is 12.4. The Labute approximate surface area is 116 Å². The first-order chi connectivity index (χ1) is 9.10. The van der Waals surface area contributed by atoms with Gasteiger partial charge in [-0.2, -0.15) is 0 Å². The Hall–Kier alpha value is -1.52. The van der Waals surface area contributed by atoms with Crippen LogP contribution in [0.25, 0.3) is 0 Å². The minimum absolute atomic E-state index is 0.407. The van der Waals surface area contributed by atoms with Crippen LogP contribution in [-0.2, 0) is 23.1 Å². The van der Waals surface area contributed by atoms with Gasteiger partial charge in [-0.15, -0.1) is 0 Å². The largest absolute Gasteiger partial charge is 0.325 e. The number of hydrogen-bond acceptors (Lipinski definition) is 3. The maximum absolute atomic E-state index is 12.3. The van der Waals surface area contributed by atoms with Gasteiger partial charge in [0.1, 0.15) is 0 Å². The molecule has 0 saturated carbocycles. The van der Waals surface area contributed by atoms with Crippen molar-refractivity contribution in [3.05, 3.63) is 58.9 Å². The van der Waals surface area contributed by atoms with Crippen LogP contribution < -0.4 is 5.73 Å². The van der Waals surface area contributed by atoms with Crippen LogP contribution in [0.5, 0.6) is 0 Å². The highest BCUT2D eigenvalue weighted by Crippen LogP contribution is 2.16. The Bertz CT molecular complexity index is 611. The minimum Gasteiger partial charge on any atom is -0.325 e. The summed E-state index contributed by atoms with van der Waals surface area (Å²) in [6, 6.07) is 9.75. The third-order valence-electron chi connectivity index (χ3n) is 3.13. The van der Waals surface area contributed by atoms with Crippen LogP contribution >= 0.6 is 0 Å². The summed E-state index contributed by atoms with van der Waals surface area (Å²) in [7, 11) is -1.03. The van der Waals surface area contributed by atoms with Gasteiger partial charge in [-0.1, -0.05) is 6.07 Å². The summed E-state index contributed by atoms with van der Waals surface area (Å²) in [6.45, 7) is 4.50. The maximum Gasteiger partial charge on any atom is 0.0574 e. The molecule has 0 aliphatic heterocycles. The monoisotopic (exact) mass is 274 g/mol. The average molecular weight is 274 g/mol. The van der Waals surface area contributed by atoms with Crippen molar-refractivity contribution < 1.29 is 4.21 Å². The highest BCUT2D eigenvalue weighted by atomic mass is 32.2. The number of rotatable bonds is 4. The summed E-state index contributed by atoms with van der Waals surface area (Å²) in [5, 5.41) is 0. The first-order valence-corrected chi connectivity index (χ1v) is 7.51. The van der Waals surface area contributed by atoms with Crippen LogP contribution in [0.15, 0.2) is 41.4 Å². The summed E-state index contributed by atoms with van der Waals surface area (Å²) in [6.07, 6.45) is 1.72. The molecule has 0 bridgehead atoms. The Morgan fingerprint density at radius 1 is 1.16 bits per heavy atom. The fraction of sp³-hybridized carbons (Fsp3) is 0.267. The van der Waals surface area contributed by atoms with Crippen LogP contribution in [0.2, 0.25) is 0 Å². The van der Waals surface area contributed by atoms with Crippen LogP contribution in [-0.4, -0.2) is 9.19 Å². The molecule has 3 nitrogen and oxygen atoms in total. The molecule has 1 unspecified atom stereocenters. The van der Waals surface area contributed by atoms with Gasteiger partial charge in [0.05, 0.1) is 22.2 Å². The van der Waals surface area contributed by atoms with Crippen molar-refractivity contribution in [3.8, 4) is 0 Å². The Morgan fingerprint density at radius 3 is 2.63 bits per heavy atom. The molecule has 0 radical (unpaired) electrons. The first kappa shape index (κ1) is 13.9. The lowest BCUT2D eigenvalue weighted by Crippen LogP contribution is -2.02. The number of nitrogens with zero attached hydrogens (tertiary/aromatic N) is 1. The van der Waals surface area contributed by atoms with Crippen LogP contribution in [0.1, 0.15) is 22.4 Å². The van der Waals surface area contributed by atoms with E-state index in [0.29, 0.717) is 12.3 Å². The zero-order valence-electron chi connectivity index (χ0n) is 11.2. The van der Waals surface area contributed by atoms with Gasteiger partial charge in [0.15, 0.2) is 0 Å². The second-order valence-electron chi connectivity index (χ2n) is 4.60. The third kappa shape index (κ3) is 3.49. The van der Waals surface area contributed by atoms with Crippen molar-refractivity contribution in [1.29, 1.82) is 0 Å². The summed E-state index contributed by atoms with van der Waals surface area (Å²) >= 11 is 0. The van der Waals surface area contributed by atoms with Crippen molar-refractivity contribution >= 4 is 10.8 Å².